The highest BCUT2D eigenvalue weighted by atomic mass is 14.6. The van der Waals surface area contributed by atoms with Gasteiger partial charge in [-0.2, -0.15) is 0 Å². The molecule has 9 rings (SSSR count). The monoisotopic (exact) mass is 468 g/mol. The predicted molar refractivity (Wildman–Crippen MR) is 144 cm³/mol. The van der Waals surface area contributed by atoms with Gasteiger partial charge in [0.05, 0.1) is 0 Å². The normalized spacial score (nSPS) is 50.9. The van der Waals surface area contributed by atoms with E-state index in [1.807, 2.05) is 11.1 Å². The largest absolute Gasteiger partial charge is 0.0552 e. The highest BCUT2D eigenvalue weighted by molar-refractivity contribution is 5.54. The van der Waals surface area contributed by atoms with Gasteiger partial charge in [0.25, 0.3) is 0 Å². The van der Waals surface area contributed by atoms with Crippen LogP contribution in [0.5, 0.6) is 0 Å². The van der Waals surface area contributed by atoms with Crippen molar-refractivity contribution in [3.05, 3.63) is 33.9 Å². The maximum Gasteiger partial charge on any atom is -0.0125 e. The molecule has 188 valence electrons. The highest BCUT2D eigenvalue weighted by Gasteiger charge is 2.51. The molecule has 8 aliphatic carbocycles. The number of hydrogen-bond acceptors (Lipinski definition) is 0. The first kappa shape index (κ1) is 21.2. The fourth-order valence-electron chi connectivity index (χ4n) is 12.9. The molecule has 8 fully saturated rings. The first-order valence-corrected chi connectivity index (χ1v) is 16.4. The number of rotatable bonds is 4. The van der Waals surface area contributed by atoms with Gasteiger partial charge in [-0.3, -0.25) is 0 Å². The van der Waals surface area contributed by atoms with Crippen LogP contribution in [0.15, 0.2) is 6.07 Å². The summed E-state index contributed by atoms with van der Waals surface area (Å²) < 4.78 is 0. The molecule has 0 saturated heterocycles. The maximum absolute atomic E-state index is 2.88. The zero-order chi connectivity index (χ0) is 22.8. The molecule has 1 aromatic rings. The Morgan fingerprint density at radius 3 is 1.23 bits per heavy atom. The van der Waals surface area contributed by atoms with Crippen molar-refractivity contribution in [3.63, 3.8) is 0 Å². The van der Waals surface area contributed by atoms with Crippen LogP contribution in [0.3, 0.4) is 0 Å². The first-order chi connectivity index (χ1) is 17.2. The molecule has 0 radical (unpaired) electrons. The van der Waals surface area contributed by atoms with E-state index in [0.717, 1.165) is 71.0 Å². The summed E-state index contributed by atoms with van der Waals surface area (Å²) in [6.07, 6.45) is 24.9. The van der Waals surface area contributed by atoms with Gasteiger partial charge in [-0.05, 0) is 183 Å². The van der Waals surface area contributed by atoms with Gasteiger partial charge in [-0.1, -0.05) is 31.7 Å². The molecule has 12 atom stereocenters. The average molecular weight is 469 g/mol. The zero-order valence-corrected chi connectivity index (χ0v) is 22.3. The van der Waals surface area contributed by atoms with Crippen molar-refractivity contribution in [3.8, 4) is 0 Å². The van der Waals surface area contributed by atoms with Gasteiger partial charge in [-0.15, -0.1) is 0 Å². The Morgan fingerprint density at radius 1 is 0.429 bits per heavy atom. The highest BCUT2D eigenvalue weighted by Crippen LogP contribution is 2.64. The van der Waals surface area contributed by atoms with E-state index < -0.39 is 0 Å². The summed E-state index contributed by atoms with van der Waals surface area (Å²) in [7, 11) is 0. The molecule has 8 bridgehead atoms. The first-order valence-electron chi connectivity index (χ1n) is 16.4. The van der Waals surface area contributed by atoms with Crippen LogP contribution < -0.4 is 0 Å². The molecule has 0 heterocycles. The fraction of sp³-hybridized carbons (Fsp3) is 0.829. The lowest BCUT2D eigenvalue weighted by molar-refractivity contribution is 0.369. The predicted octanol–water partition coefficient (Wildman–Crippen LogP) is 9.61. The topological polar surface area (TPSA) is 0 Å². The molecule has 8 aliphatic rings. The summed E-state index contributed by atoms with van der Waals surface area (Å²) in [4.78, 5) is 0. The van der Waals surface area contributed by atoms with Crippen molar-refractivity contribution in [2.45, 2.75) is 133 Å². The number of fused-ring (bicyclic) bond motifs is 8. The molecule has 0 unspecified atom stereocenters. The molecule has 35 heavy (non-hydrogen) atoms. The number of aryl methyl sites for hydroxylation is 1. The summed E-state index contributed by atoms with van der Waals surface area (Å²) in [5, 5.41) is 0. The summed E-state index contributed by atoms with van der Waals surface area (Å²) >= 11 is 0. The third-order valence-electron chi connectivity index (χ3n) is 14.2. The van der Waals surface area contributed by atoms with E-state index in [1.54, 1.807) is 108 Å². The quantitative estimate of drug-likeness (QED) is 0.412. The number of hydrogen-bond donors (Lipinski definition) is 0. The van der Waals surface area contributed by atoms with Crippen LogP contribution in [0.1, 0.15) is 154 Å². The smallest absolute Gasteiger partial charge is 0.0125 e. The molecule has 0 N–H and O–H groups in total. The van der Waals surface area contributed by atoms with Crippen molar-refractivity contribution in [1.29, 1.82) is 0 Å². The van der Waals surface area contributed by atoms with Crippen LogP contribution in [-0.4, -0.2) is 0 Å². The van der Waals surface area contributed by atoms with Crippen LogP contribution in [0.4, 0.5) is 0 Å². The van der Waals surface area contributed by atoms with E-state index in [1.165, 1.54) is 0 Å². The minimum Gasteiger partial charge on any atom is -0.0552 e. The van der Waals surface area contributed by atoms with Gasteiger partial charge < -0.3 is 0 Å². The Labute approximate surface area is 214 Å². The number of benzene rings is 1. The Balaban J connectivity index is 1.26. The standard InChI is InChI=1S/C35H48/c1-19-10-32(28-15-20-2-6-24(28)11-20)34(30-17-22-4-8-26(30)13-22)35(31-18-23-5-9-27(31)14-23)33(19)29-16-21-3-7-25(29)12-21/h10,20-31H,2-9,11-18H2,1H3/t20-,21-,22-,23-,24+,25+,26+,27+,28+,29+,30+,31+/m0/s1. The van der Waals surface area contributed by atoms with Crippen LogP contribution in [-0.2, 0) is 0 Å². The summed E-state index contributed by atoms with van der Waals surface area (Å²) in [6, 6.07) is 2.88. The van der Waals surface area contributed by atoms with Gasteiger partial charge >= 0.3 is 0 Å². The van der Waals surface area contributed by atoms with Crippen LogP contribution in [0.2, 0.25) is 0 Å². The SMILES string of the molecule is Cc1cc([C@@H]2C[C@H]3CC[C@@H]2C3)c([C@@H]2C[C@H]3CC[C@@H]2C3)c([C@@H]2C[C@H]3CC[C@@H]2C3)c1[C@@H]1C[C@H]2CC[C@@H]1C2. The van der Waals surface area contributed by atoms with Crippen LogP contribution in [0, 0.1) is 54.3 Å². The third-order valence-corrected chi connectivity index (χ3v) is 14.2. The van der Waals surface area contributed by atoms with E-state index in [-0.39, 0.29) is 0 Å². The van der Waals surface area contributed by atoms with Gasteiger partial charge in [-0.25, -0.2) is 0 Å². The third kappa shape index (κ3) is 3.04. The molecular formula is C35H48. The molecule has 0 heteroatoms. The zero-order valence-electron chi connectivity index (χ0n) is 22.3. The maximum atomic E-state index is 2.88. The van der Waals surface area contributed by atoms with E-state index in [2.05, 4.69) is 24.1 Å². The van der Waals surface area contributed by atoms with Crippen molar-refractivity contribution in [2.75, 3.05) is 0 Å². The Morgan fingerprint density at radius 2 is 0.829 bits per heavy atom. The van der Waals surface area contributed by atoms with E-state index in [4.69, 9.17) is 0 Å². The Kier molecular flexibility index (Phi) is 4.62. The van der Waals surface area contributed by atoms with Gasteiger partial charge in [0.1, 0.15) is 0 Å². The second kappa shape index (κ2) is 7.63. The summed E-state index contributed by atoms with van der Waals surface area (Å²) in [5.41, 5.74) is 9.85. The fourth-order valence-corrected chi connectivity index (χ4v) is 12.9. The van der Waals surface area contributed by atoms with Gasteiger partial charge in [0.2, 0.25) is 0 Å². The summed E-state index contributed by atoms with van der Waals surface area (Å²) in [5.74, 6) is 12.1. The minimum atomic E-state index is 0.924. The van der Waals surface area contributed by atoms with Crippen molar-refractivity contribution in [2.24, 2.45) is 47.3 Å². The average Bonchev–Trinajstić information content (AvgIpc) is 3.71. The Hall–Kier alpha value is -0.780. The van der Waals surface area contributed by atoms with Crippen LogP contribution in [0.25, 0.3) is 0 Å². The molecule has 0 aliphatic heterocycles. The summed E-state index contributed by atoms with van der Waals surface area (Å²) in [6.45, 7) is 2.60. The Bertz CT molecular complexity index is 1030. The van der Waals surface area contributed by atoms with Crippen molar-refractivity contribution < 1.29 is 0 Å². The molecule has 0 nitrogen and oxygen atoms in total. The second-order valence-corrected chi connectivity index (χ2v) is 15.6. The van der Waals surface area contributed by atoms with Crippen molar-refractivity contribution in [1.82, 2.24) is 0 Å². The van der Waals surface area contributed by atoms with Crippen LogP contribution >= 0.6 is 0 Å². The minimum absolute atomic E-state index is 0.924. The lowest BCUT2D eigenvalue weighted by atomic mass is 9.65. The lowest BCUT2D eigenvalue weighted by Crippen LogP contribution is -2.25. The molecular weight excluding hydrogens is 420 g/mol. The van der Waals surface area contributed by atoms with Crippen molar-refractivity contribution >= 4 is 0 Å². The molecule has 0 spiro atoms. The van der Waals surface area contributed by atoms with E-state index in [9.17, 15) is 0 Å². The second-order valence-electron chi connectivity index (χ2n) is 15.6. The van der Waals surface area contributed by atoms with Gasteiger partial charge in [0.15, 0.2) is 0 Å². The molecule has 0 aromatic heterocycles. The van der Waals surface area contributed by atoms with E-state index in [0.29, 0.717) is 0 Å². The molecule has 0 amide bonds. The van der Waals surface area contributed by atoms with Gasteiger partial charge in [0, 0.05) is 0 Å². The van der Waals surface area contributed by atoms with E-state index >= 15 is 0 Å². The molecule has 1 aromatic carbocycles. The molecule has 8 saturated carbocycles. The lowest BCUT2D eigenvalue weighted by Gasteiger charge is -2.39.